The van der Waals surface area contributed by atoms with E-state index in [1.807, 2.05) is 0 Å². The van der Waals surface area contributed by atoms with Gasteiger partial charge in [0.05, 0.1) is 13.2 Å². The number of hydrogen-bond acceptors (Lipinski definition) is 4. The molecule has 0 aliphatic rings. The highest BCUT2D eigenvalue weighted by Gasteiger charge is 2.00. The molecule has 0 aliphatic carbocycles. The van der Waals surface area contributed by atoms with Crippen LogP contribution in [-0.4, -0.2) is 48.6 Å². The maximum absolute atomic E-state index is 10.4. The molecule has 0 aromatic carbocycles. The molecule has 0 rings (SSSR count). The third-order valence-corrected chi connectivity index (χ3v) is 1.36. The van der Waals surface area contributed by atoms with Gasteiger partial charge in [-0.05, 0) is 6.42 Å². The minimum atomic E-state index is -0.805. The summed E-state index contributed by atoms with van der Waals surface area (Å²) in [4.78, 5) is 10.4. The molecule has 3 N–H and O–H groups in total. The number of carbonyl (C=O) groups excluding carboxylic acids is 1. The number of aliphatic hydroxyl groups excluding tert-OH is 2. The van der Waals surface area contributed by atoms with Crippen molar-refractivity contribution in [3.8, 4) is 0 Å². The third kappa shape index (κ3) is 9.26. The Hall–Kier alpha value is -0.650. The molecule has 0 radical (unpaired) electrons. The number of hydrogen-bond donors (Lipinski definition) is 3. The summed E-state index contributed by atoms with van der Waals surface area (Å²) in [6.07, 6.45) is -0.0988. The number of nitrogens with one attached hydrogen (secondary N) is 1. The Kier molecular flexibility index (Phi) is 7.57. The zero-order valence-corrected chi connectivity index (χ0v) is 7.82. The molecule has 1 atom stereocenters. The summed E-state index contributed by atoms with van der Waals surface area (Å²) in [5.41, 5.74) is 0. The molecular formula is C8H17NO4. The van der Waals surface area contributed by atoms with Gasteiger partial charge < -0.3 is 20.3 Å². The first kappa shape index (κ1) is 12.3. The van der Waals surface area contributed by atoms with Gasteiger partial charge in [-0.2, -0.15) is 0 Å². The summed E-state index contributed by atoms with van der Waals surface area (Å²) in [5, 5.41) is 19.9. The minimum absolute atomic E-state index is 0.0598. The molecule has 1 unspecified atom stereocenters. The molecule has 0 saturated heterocycles. The van der Waals surface area contributed by atoms with Gasteiger partial charge in [-0.25, -0.2) is 0 Å². The van der Waals surface area contributed by atoms with Crippen molar-refractivity contribution in [1.29, 1.82) is 0 Å². The molecule has 0 saturated carbocycles. The first-order valence-electron chi connectivity index (χ1n) is 4.28. The second-order valence-electron chi connectivity index (χ2n) is 2.75. The van der Waals surface area contributed by atoms with E-state index in [2.05, 4.69) is 5.32 Å². The van der Waals surface area contributed by atoms with Crippen molar-refractivity contribution in [2.75, 3.05) is 26.4 Å². The van der Waals surface area contributed by atoms with Crippen molar-refractivity contribution in [1.82, 2.24) is 5.32 Å². The van der Waals surface area contributed by atoms with E-state index in [0.29, 0.717) is 19.6 Å². The lowest BCUT2D eigenvalue weighted by Gasteiger charge is -2.07. The molecule has 0 aliphatic heterocycles. The molecule has 78 valence electrons. The van der Waals surface area contributed by atoms with Crippen LogP contribution in [0.25, 0.3) is 0 Å². The van der Waals surface area contributed by atoms with Crippen molar-refractivity contribution >= 4 is 5.91 Å². The highest BCUT2D eigenvalue weighted by Crippen LogP contribution is 1.86. The Morgan fingerprint density at radius 1 is 1.62 bits per heavy atom. The van der Waals surface area contributed by atoms with Crippen LogP contribution in [0.5, 0.6) is 0 Å². The average Bonchev–Trinajstić information content (AvgIpc) is 2.10. The van der Waals surface area contributed by atoms with Crippen LogP contribution in [0, 0.1) is 0 Å². The van der Waals surface area contributed by atoms with Crippen LogP contribution in [-0.2, 0) is 9.53 Å². The molecule has 0 bridgehead atoms. The lowest BCUT2D eigenvalue weighted by molar-refractivity contribution is -0.119. The third-order valence-electron chi connectivity index (χ3n) is 1.36. The van der Waals surface area contributed by atoms with Gasteiger partial charge in [-0.3, -0.25) is 4.79 Å². The van der Waals surface area contributed by atoms with E-state index in [9.17, 15) is 4.79 Å². The van der Waals surface area contributed by atoms with Gasteiger partial charge in [0.2, 0.25) is 5.91 Å². The smallest absolute Gasteiger partial charge is 0.216 e. The van der Waals surface area contributed by atoms with Gasteiger partial charge in [0, 0.05) is 20.1 Å². The highest BCUT2D eigenvalue weighted by atomic mass is 16.5. The molecule has 5 nitrogen and oxygen atoms in total. The van der Waals surface area contributed by atoms with Gasteiger partial charge in [-0.15, -0.1) is 0 Å². The Balaban J connectivity index is 3.04. The van der Waals surface area contributed by atoms with Gasteiger partial charge in [0.15, 0.2) is 0 Å². The summed E-state index contributed by atoms with van der Waals surface area (Å²) >= 11 is 0. The fourth-order valence-electron chi connectivity index (χ4n) is 0.711. The van der Waals surface area contributed by atoms with Crippen molar-refractivity contribution in [3.63, 3.8) is 0 Å². The maximum atomic E-state index is 10.4. The van der Waals surface area contributed by atoms with Crippen LogP contribution in [0.15, 0.2) is 0 Å². The maximum Gasteiger partial charge on any atom is 0.216 e. The molecule has 0 aromatic heterocycles. The first-order chi connectivity index (χ1) is 6.16. The summed E-state index contributed by atoms with van der Waals surface area (Å²) in [6.45, 7) is 2.35. The zero-order chi connectivity index (χ0) is 10.1. The molecule has 0 spiro atoms. The van der Waals surface area contributed by atoms with Gasteiger partial charge >= 0.3 is 0 Å². The van der Waals surface area contributed by atoms with Crippen molar-refractivity contribution < 1.29 is 19.7 Å². The summed E-state index contributed by atoms with van der Waals surface area (Å²) in [7, 11) is 0. The topological polar surface area (TPSA) is 78.8 Å². The Bertz CT molecular complexity index is 140. The molecular weight excluding hydrogens is 174 g/mol. The average molecular weight is 191 g/mol. The largest absolute Gasteiger partial charge is 0.394 e. The van der Waals surface area contributed by atoms with E-state index in [1.165, 1.54) is 6.92 Å². The van der Waals surface area contributed by atoms with E-state index in [1.54, 1.807) is 0 Å². The van der Waals surface area contributed by atoms with E-state index < -0.39 is 6.10 Å². The standard InChI is InChI=1S/C8H17NO4/c1-7(11)9-3-2-4-13-6-8(12)5-10/h8,10,12H,2-6H2,1H3,(H,9,11). The second kappa shape index (κ2) is 7.97. The first-order valence-corrected chi connectivity index (χ1v) is 4.28. The fraction of sp³-hybridized carbons (Fsp3) is 0.875. The summed E-state index contributed by atoms with van der Waals surface area (Å²) < 4.78 is 5.01. The van der Waals surface area contributed by atoms with E-state index in [-0.39, 0.29) is 19.1 Å². The van der Waals surface area contributed by atoms with Crippen LogP contribution in [0.2, 0.25) is 0 Å². The lowest BCUT2D eigenvalue weighted by atomic mass is 10.4. The lowest BCUT2D eigenvalue weighted by Crippen LogP contribution is -2.23. The Labute approximate surface area is 77.7 Å². The van der Waals surface area contributed by atoms with Crippen molar-refractivity contribution in [2.45, 2.75) is 19.4 Å². The number of ether oxygens (including phenoxy) is 1. The SMILES string of the molecule is CC(=O)NCCCOCC(O)CO. The van der Waals surface area contributed by atoms with Crippen molar-refractivity contribution in [3.05, 3.63) is 0 Å². The van der Waals surface area contributed by atoms with Crippen LogP contribution in [0.1, 0.15) is 13.3 Å². The summed E-state index contributed by atoms with van der Waals surface area (Å²) in [6, 6.07) is 0. The quantitative estimate of drug-likeness (QED) is 0.445. The molecule has 1 amide bonds. The Morgan fingerprint density at radius 2 is 2.31 bits per heavy atom. The molecule has 0 aromatic rings. The molecule has 0 fully saturated rings. The zero-order valence-electron chi connectivity index (χ0n) is 7.82. The Morgan fingerprint density at radius 3 is 2.85 bits per heavy atom. The molecule has 0 heterocycles. The number of carbonyl (C=O) groups is 1. The predicted octanol–water partition coefficient (Wildman–Crippen LogP) is -1.12. The predicted molar refractivity (Wildman–Crippen MR) is 47.2 cm³/mol. The van der Waals surface area contributed by atoms with Gasteiger partial charge in [-0.1, -0.05) is 0 Å². The van der Waals surface area contributed by atoms with Gasteiger partial charge in [0.25, 0.3) is 0 Å². The van der Waals surface area contributed by atoms with E-state index in [0.717, 1.165) is 0 Å². The number of amides is 1. The second-order valence-corrected chi connectivity index (χ2v) is 2.75. The van der Waals surface area contributed by atoms with Crippen LogP contribution in [0.4, 0.5) is 0 Å². The minimum Gasteiger partial charge on any atom is -0.394 e. The normalized spacial score (nSPS) is 12.5. The monoisotopic (exact) mass is 191 g/mol. The van der Waals surface area contributed by atoms with Crippen LogP contribution < -0.4 is 5.32 Å². The molecule has 13 heavy (non-hydrogen) atoms. The van der Waals surface area contributed by atoms with E-state index in [4.69, 9.17) is 14.9 Å². The number of rotatable bonds is 7. The van der Waals surface area contributed by atoms with Gasteiger partial charge in [0.1, 0.15) is 6.10 Å². The van der Waals surface area contributed by atoms with E-state index >= 15 is 0 Å². The summed E-state index contributed by atoms with van der Waals surface area (Å²) in [5.74, 6) is -0.0598. The van der Waals surface area contributed by atoms with Crippen LogP contribution in [0.3, 0.4) is 0 Å². The molecule has 5 heteroatoms. The highest BCUT2D eigenvalue weighted by molar-refractivity contribution is 5.72. The van der Waals surface area contributed by atoms with Crippen LogP contribution >= 0.6 is 0 Å². The van der Waals surface area contributed by atoms with Crippen molar-refractivity contribution in [2.24, 2.45) is 0 Å². The fourth-order valence-corrected chi connectivity index (χ4v) is 0.711. The number of aliphatic hydroxyl groups is 2.